The minimum Gasteiger partial charge on any atom is -0.0843 e. The molecule has 0 aromatic heterocycles. The summed E-state index contributed by atoms with van der Waals surface area (Å²) in [6, 6.07) is 10.5. The Labute approximate surface area is 74.9 Å². The zero-order valence-corrected chi connectivity index (χ0v) is 7.53. The first-order valence-electron chi connectivity index (χ1n) is 4.40. The van der Waals surface area contributed by atoms with Crippen molar-refractivity contribution < 1.29 is 0 Å². The van der Waals surface area contributed by atoms with Crippen LogP contribution in [0, 0.1) is 12.5 Å². The molecule has 0 aliphatic heterocycles. The van der Waals surface area contributed by atoms with E-state index in [1.165, 1.54) is 5.56 Å². The standard InChI is InChI=1S/C12H15/c1-3-7-11(2)10-12-8-5-4-6-9-12/h1,3-6,8-9,11H,7,10H2,2H3. The lowest BCUT2D eigenvalue weighted by Crippen LogP contribution is -1.97. The highest BCUT2D eigenvalue weighted by Crippen LogP contribution is 2.11. The van der Waals surface area contributed by atoms with Crippen molar-refractivity contribution >= 4 is 0 Å². The number of allylic oxidation sites excluding steroid dienone is 1. The molecule has 1 unspecified atom stereocenters. The van der Waals surface area contributed by atoms with E-state index in [0.717, 1.165) is 12.8 Å². The van der Waals surface area contributed by atoms with Gasteiger partial charge in [-0.05, 0) is 24.3 Å². The second kappa shape index (κ2) is 4.76. The molecule has 12 heavy (non-hydrogen) atoms. The maximum Gasteiger partial charge on any atom is -0.0250 e. The summed E-state index contributed by atoms with van der Waals surface area (Å²) >= 11 is 0. The normalized spacial score (nSPS) is 12.4. The predicted octanol–water partition coefficient (Wildman–Crippen LogP) is 3.24. The Kier molecular flexibility index (Phi) is 3.59. The van der Waals surface area contributed by atoms with Gasteiger partial charge in [-0.2, -0.15) is 0 Å². The van der Waals surface area contributed by atoms with Crippen LogP contribution in [0.5, 0.6) is 0 Å². The van der Waals surface area contributed by atoms with Crippen LogP contribution in [0.2, 0.25) is 0 Å². The average molecular weight is 159 g/mol. The molecule has 1 aromatic carbocycles. The first-order valence-corrected chi connectivity index (χ1v) is 4.40. The Bertz CT molecular complexity index is 223. The van der Waals surface area contributed by atoms with Crippen LogP contribution in [0.1, 0.15) is 18.9 Å². The van der Waals surface area contributed by atoms with Gasteiger partial charge in [-0.15, -0.1) is 0 Å². The van der Waals surface area contributed by atoms with Crippen molar-refractivity contribution in [1.82, 2.24) is 0 Å². The number of hydrogen-bond donors (Lipinski definition) is 0. The lowest BCUT2D eigenvalue weighted by Gasteiger charge is -2.07. The van der Waals surface area contributed by atoms with E-state index in [9.17, 15) is 0 Å². The van der Waals surface area contributed by atoms with Gasteiger partial charge in [0.15, 0.2) is 0 Å². The molecule has 1 radical (unpaired) electrons. The summed E-state index contributed by atoms with van der Waals surface area (Å²) in [6.45, 7) is 7.58. The number of benzene rings is 1. The summed E-state index contributed by atoms with van der Waals surface area (Å²) in [7, 11) is 0. The molecule has 0 heteroatoms. The molecule has 0 N–H and O–H groups in total. The molecule has 0 spiro atoms. The van der Waals surface area contributed by atoms with E-state index in [0.29, 0.717) is 5.92 Å². The fraction of sp³-hybridized carbons (Fsp3) is 0.333. The largest absolute Gasteiger partial charge is 0.0843 e. The molecule has 0 amide bonds. The maximum atomic E-state index is 5.36. The molecule has 0 saturated heterocycles. The van der Waals surface area contributed by atoms with Gasteiger partial charge in [0, 0.05) is 0 Å². The Morgan fingerprint density at radius 3 is 2.58 bits per heavy atom. The van der Waals surface area contributed by atoms with Crippen molar-refractivity contribution in [3.8, 4) is 0 Å². The SMILES string of the molecule is [CH]=CCC(C)Cc1ccccc1. The van der Waals surface area contributed by atoms with Gasteiger partial charge in [0.25, 0.3) is 0 Å². The van der Waals surface area contributed by atoms with Crippen LogP contribution in [0.3, 0.4) is 0 Å². The Balaban J connectivity index is 2.46. The third-order valence-electron chi connectivity index (χ3n) is 1.97. The smallest absolute Gasteiger partial charge is 0.0250 e. The fourth-order valence-electron chi connectivity index (χ4n) is 1.33. The highest BCUT2D eigenvalue weighted by molar-refractivity contribution is 5.15. The summed E-state index contributed by atoms with van der Waals surface area (Å²) in [4.78, 5) is 0. The third-order valence-corrected chi connectivity index (χ3v) is 1.97. The van der Waals surface area contributed by atoms with E-state index in [2.05, 4.69) is 31.2 Å². The predicted molar refractivity (Wildman–Crippen MR) is 52.8 cm³/mol. The molecule has 0 nitrogen and oxygen atoms in total. The van der Waals surface area contributed by atoms with Gasteiger partial charge in [-0.3, -0.25) is 0 Å². The summed E-state index contributed by atoms with van der Waals surface area (Å²) in [5.74, 6) is 0.650. The van der Waals surface area contributed by atoms with Crippen molar-refractivity contribution in [2.24, 2.45) is 5.92 Å². The first-order chi connectivity index (χ1) is 5.83. The van der Waals surface area contributed by atoms with Crippen LogP contribution >= 0.6 is 0 Å². The van der Waals surface area contributed by atoms with Crippen LogP contribution in [0.4, 0.5) is 0 Å². The average Bonchev–Trinajstić information content (AvgIpc) is 2.06. The molecule has 0 bridgehead atoms. The molecule has 0 fully saturated rings. The quantitative estimate of drug-likeness (QED) is 0.632. The minimum atomic E-state index is 0.650. The topological polar surface area (TPSA) is 0 Å². The molecular formula is C12H15. The van der Waals surface area contributed by atoms with E-state index >= 15 is 0 Å². The van der Waals surface area contributed by atoms with Crippen LogP contribution < -0.4 is 0 Å². The van der Waals surface area contributed by atoms with Crippen molar-refractivity contribution in [2.75, 3.05) is 0 Å². The van der Waals surface area contributed by atoms with Gasteiger partial charge in [0.05, 0.1) is 0 Å². The Morgan fingerprint density at radius 2 is 2.00 bits per heavy atom. The second-order valence-electron chi connectivity index (χ2n) is 3.27. The third kappa shape index (κ3) is 2.91. The van der Waals surface area contributed by atoms with E-state index in [1.807, 2.05) is 6.07 Å². The summed E-state index contributed by atoms with van der Waals surface area (Å²) < 4.78 is 0. The van der Waals surface area contributed by atoms with E-state index in [1.54, 1.807) is 6.08 Å². The Hall–Kier alpha value is -1.04. The van der Waals surface area contributed by atoms with Crippen molar-refractivity contribution in [2.45, 2.75) is 19.8 Å². The van der Waals surface area contributed by atoms with Crippen LogP contribution in [0.25, 0.3) is 0 Å². The molecule has 63 valence electrons. The first kappa shape index (κ1) is 9.05. The molecule has 1 aromatic rings. The Morgan fingerprint density at radius 1 is 1.33 bits per heavy atom. The fourth-order valence-corrected chi connectivity index (χ4v) is 1.33. The van der Waals surface area contributed by atoms with Gasteiger partial charge in [-0.25, -0.2) is 0 Å². The number of hydrogen-bond acceptors (Lipinski definition) is 0. The molecular weight excluding hydrogens is 144 g/mol. The highest BCUT2D eigenvalue weighted by Gasteiger charge is 1.99. The second-order valence-corrected chi connectivity index (χ2v) is 3.27. The highest BCUT2D eigenvalue weighted by atomic mass is 14.0. The summed E-state index contributed by atoms with van der Waals surface area (Å²) in [5.41, 5.74) is 1.40. The minimum absolute atomic E-state index is 0.650. The van der Waals surface area contributed by atoms with Gasteiger partial charge >= 0.3 is 0 Å². The lowest BCUT2D eigenvalue weighted by atomic mass is 9.98. The van der Waals surface area contributed by atoms with E-state index < -0.39 is 0 Å². The maximum absolute atomic E-state index is 5.36. The zero-order valence-electron chi connectivity index (χ0n) is 7.53. The lowest BCUT2D eigenvalue weighted by molar-refractivity contribution is 0.590. The van der Waals surface area contributed by atoms with Crippen LogP contribution in [-0.2, 0) is 6.42 Å². The van der Waals surface area contributed by atoms with Crippen LogP contribution in [-0.4, -0.2) is 0 Å². The van der Waals surface area contributed by atoms with Crippen molar-refractivity contribution in [3.63, 3.8) is 0 Å². The van der Waals surface area contributed by atoms with Crippen molar-refractivity contribution in [3.05, 3.63) is 48.6 Å². The zero-order chi connectivity index (χ0) is 8.81. The molecule has 0 heterocycles. The van der Waals surface area contributed by atoms with Crippen LogP contribution in [0.15, 0.2) is 36.4 Å². The molecule has 0 aliphatic rings. The monoisotopic (exact) mass is 159 g/mol. The molecule has 0 saturated carbocycles. The van der Waals surface area contributed by atoms with Gasteiger partial charge in [0.2, 0.25) is 0 Å². The molecule has 0 aliphatic carbocycles. The van der Waals surface area contributed by atoms with Gasteiger partial charge in [-0.1, -0.05) is 49.9 Å². The van der Waals surface area contributed by atoms with E-state index in [4.69, 9.17) is 6.58 Å². The molecule has 1 atom stereocenters. The van der Waals surface area contributed by atoms with E-state index in [-0.39, 0.29) is 0 Å². The van der Waals surface area contributed by atoms with Gasteiger partial charge in [0.1, 0.15) is 0 Å². The summed E-state index contributed by atoms with van der Waals surface area (Å²) in [5, 5.41) is 0. The number of rotatable bonds is 4. The molecule has 1 rings (SSSR count). The van der Waals surface area contributed by atoms with Crippen molar-refractivity contribution in [1.29, 1.82) is 0 Å². The van der Waals surface area contributed by atoms with Gasteiger partial charge < -0.3 is 0 Å². The summed E-state index contributed by atoms with van der Waals surface area (Å²) in [6.07, 6.45) is 3.86.